The molecule has 168 valence electrons. The number of thiazole rings is 1. The Morgan fingerprint density at radius 2 is 1.97 bits per heavy atom. The highest BCUT2D eigenvalue weighted by Gasteiger charge is 2.37. The molecule has 1 N–H and O–H groups in total. The largest absolute Gasteiger partial charge is 0.379 e. The molecule has 1 aromatic carbocycles. The van der Waals surface area contributed by atoms with E-state index in [2.05, 4.69) is 27.3 Å². The highest BCUT2D eigenvalue weighted by atomic mass is 32.1. The Hall–Kier alpha value is -3.49. The smallest absolute Gasteiger partial charge is 0.274 e. The summed E-state index contributed by atoms with van der Waals surface area (Å²) in [5.74, 6) is -0.176. The maximum absolute atomic E-state index is 13.0. The molecule has 1 aliphatic rings. The van der Waals surface area contributed by atoms with E-state index in [1.54, 1.807) is 19.5 Å². The molecular formula is C25H25N5O2S. The molecule has 1 amide bonds. The Balaban J connectivity index is 1.33. The number of nitrogens with one attached hydrogen (secondary N) is 1. The lowest BCUT2D eigenvalue weighted by Gasteiger charge is -2.28. The highest BCUT2D eigenvalue weighted by molar-refractivity contribution is 7.14. The van der Waals surface area contributed by atoms with Gasteiger partial charge >= 0.3 is 0 Å². The predicted octanol–water partition coefficient (Wildman–Crippen LogP) is 4.61. The number of aromatic nitrogens is 3. The number of hydrogen-bond acceptors (Lipinski definition) is 6. The first kappa shape index (κ1) is 21.4. The molecule has 5 rings (SSSR count). The fourth-order valence-corrected chi connectivity index (χ4v) is 5.09. The number of methoxy groups -OCH3 is 1. The summed E-state index contributed by atoms with van der Waals surface area (Å²) < 4.78 is 7.70. The van der Waals surface area contributed by atoms with Crippen molar-refractivity contribution in [3.05, 3.63) is 95.5 Å². The van der Waals surface area contributed by atoms with Crippen molar-refractivity contribution in [1.82, 2.24) is 14.5 Å². The third-order valence-electron chi connectivity index (χ3n) is 5.94. The zero-order chi connectivity index (χ0) is 22.6. The summed E-state index contributed by atoms with van der Waals surface area (Å²) in [7, 11) is 1.75. The number of benzene rings is 1. The number of carbonyl (C=O) groups excluding carboxylic acids is 1. The molecule has 1 unspecified atom stereocenters. The summed E-state index contributed by atoms with van der Waals surface area (Å²) in [6.07, 6.45) is 6.39. The first-order chi connectivity index (χ1) is 16.2. The summed E-state index contributed by atoms with van der Waals surface area (Å²) in [6.45, 7) is 1.50. The van der Waals surface area contributed by atoms with E-state index < -0.39 is 0 Å². The van der Waals surface area contributed by atoms with Gasteiger partial charge in [0.05, 0.1) is 17.8 Å². The summed E-state index contributed by atoms with van der Waals surface area (Å²) in [5, 5.41) is 5.58. The fourth-order valence-electron chi connectivity index (χ4n) is 4.35. The van der Waals surface area contributed by atoms with E-state index in [1.165, 1.54) is 11.3 Å². The number of para-hydroxylation sites is 1. The van der Waals surface area contributed by atoms with E-state index in [9.17, 15) is 4.79 Å². The zero-order valence-electron chi connectivity index (χ0n) is 18.3. The third-order valence-corrected chi connectivity index (χ3v) is 6.72. The summed E-state index contributed by atoms with van der Waals surface area (Å²) in [6, 6.07) is 17.9. The van der Waals surface area contributed by atoms with Gasteiger partial charge in [0.2, 0.25) is 0 Å². The number of nitrogens with zero attached hydrogens (tertiary/aromatic N) is 4. The Kier molecular flexibility index (Phi) is 6.19. The van der Waals surface area contributed by atoms with Crippen molar-refractivity contribution in [1.29, 1.82) is 0 Å². The van der Waals surface area contributed by atoms with Crippen LogP contribution in [0, 0.1) is 0 Å². The van der Waals surface area contributed by atoms with Gasteiger partial charge in [-0.15, -0.1) is 11.3 Å². The summed E-state index contributed by atoms with van der Waals surface area (Å²) in [4.78, 5) is 24.2. The molecule has 33 heavy (non-hydrogen) atoms. The molecular weight excluding hydrogens is 434 g/mol. The van der Waals surface area contributed by atoms with Crippen molar-refractivity contribution in [2.75, 3.05) is 23.9 Å². The second kappa shape index (κ2) is 9.56. The minimum absolute atomic E-state index is 0.00912. The minimum Gasteiger partial charge on any atom is -0.379 e. The quantitative estimate of drug-likeness (QED) is 0.437. The van der Waals surface area contributed by atoms with E-state index in [0.29, 0.717) is 17.4 Å². The van der Waals surface area contributed by atoms with Crippen LogP contribution >= 0.6 is 11.3 Å². The lowest BCUT2D eigenvalue weighted by atomic mass is 10.1. The Bertz CT molecular complexity index is 1210. The minimum atomic E-state index is -0.176. The first-order valence-electron chi connectivity index (χ1n) is 10.9. The van der Waals surface area contributed by atoms with E-state index in [1.807, 2.05) is 58.6 Å². The molecule has 7 nitrogen and oxygen atoms in total. The van der Waals surface area contributed by atoms with Crippen molar-refractivity contribution in [3.63, 3.8) is 0 Å². The number of amides is 1. The second-order valence-corrected chi connectivity index (χ2v) is 8.80. The van der Waals surface area contributed by atoms with Crippen LogP contribution in [0.2, 0.25) is 0 Å². The molecule has 0 aliphatic carbocycles. The van der Waals surface area contributed by atoms with Crippen LogP contribution in [-0.4, -0.2) is 40.2 Å². The molecule has 4 heterocycles. The molecule has 4 aromatic rings. The van der Waals surface area contributed by atoms with Crippen LogP contribution in [0.4, 0.5) is 10.8 Å². The van der Waals surface area contributed by atoms with Crippen molar-refractivity contribution >= 4 is 28.1 Å². The average molecular weight is 460 g/mol. The van der Waals surface area contributed by atoms with Crippen LogP contribution < -0.4 is 10.2 Å². The highest BCUT2D eigenvalue weighted by Crippen LogP contribution is 2.38. The van der Waals surface area contributed by atoms with Crippen molar-refractivity contribution in [3.8, 4) is 0 Å². The first-order valence-corrected chi connectivity index (χ1v) is 11.8. The maximum atomic E-state index is 13.0. The summed E-state index contributed by atoms with van der Waals surface area (Å²) in [5.41, 5.74) is 3.73. The summed E-state index contributed by atoms with van der Waals surface area (Å²) >= 11 is 1.44. The normalized spacial score (nSPS) is 17.9. The molecule has 3 aromatic heterocycles. The maximum Gasteiger partial charge on any atom is 0.274 e. The van der Waals surface area contributed by atoms with Gasteiger partial charge in [-0.2, -0.15) is 0 Å². The Morgan fingerprint density at radius 1 is 1.15 bits per heavy atom. The average Bonchev–Trinajstić information content (AvgIpc) is 3.59. The molecule has 8 heteroatoms. The van der Waals surface area contributed by atoms with Gasteiger partial charge in [-0.1, -0.05) is 18.2 Å². The van der Waals surface area contributed by atoms with Gasteiger partial charge in [-0.25, -0.2) is 4.98 Å². The SMILES string of the molecule is CO[C@@H]1CCN(c2ccccc2)C1c1csc(NC(=O)c2cccn2Cc2ccncc2)n1. The van der Waals surface area contributed by atoms with Gasteiger partial charge in [0.25, 0.3) is 5.91 Å². The second-order valence-electron chi connectivity index (χ2n) is 7.95. The Morgan fingerprint density at radius 3 is 2.76 bits per heavy atom. The van der Waals surface area contributed by atoms with Crippen LogP contribution in [0.5, 0.6) is 0 Å². The van der Waals surface area contributed by atoms with E-state index in [-0.39, 0.29) is 18.1 Å². The predicted molar refractivity (Wildman–Crippen MR) is 130 cm³/mol. The third kappa shape index (κ3) is 4.53. The van der Waals surface area contributed by atoms with E-state index in [4.69, 9.17) is 9.72 Å². The van der Waals surface area contributed by atoms with Crippen LogP contribution in [-0.2, 0) is 11.3 Å². The van der Waals surface area contributed by atoms with Gasteiger partial charge in [0, 0.05) is 49.9 Å². The molecule has 0 spiro atoms. The standard InChI is InChI=1S/C25H25N5O2S/c1-32-22-11-15-30(19-6-3-2-4-7-19)23(22)20-17-33-25(27-20)28-24(31)21-8-5-14-29(21)16-18-9-12-26-13-10-18/h2-10,12-14,17,22-23H,11,15-16H2,1H3,(H,27,28,31)/t22-,23?/m1/s1. The van der Waals surface area contributed by atoms with Gasteiger partial charge in [0.1, 0.15) is 5.69 Å². The number of carbonyl (C=O) groups is 1. The number of ether oxygens (including phenoxy) is 1. The number of hydrogen-bond donors (Lipinski definition) is 1. The van der Waals surface area contributed by atoms with Gasteiger partial charge in [-0.05, 0) is 48.4 Å². The molecule has 1 saturated heterocycles. The zero-order valence-corrected chi connectivity index (χ0v) is 19.1. The molecule has 0 bridgehead atoms. The number of pyridine rings is 1. The van der Waals surface area contributed by atoms with Gasteiger partial charge in [0.15, 0.2) is 5.13 Å². The number of rotatable bonds is 7. The topological polar surface area (TPSA) is 72.3 Å². The fraction of sp³-hybridized carbons (Fsp3) is 0.240. The van der Waals surface area contributed by atoms with Crippen LogP contribution in [0.25, 0.3) is 0 Å². The molecule has 0 radical (unpaired) electrons. The van der Waals surface area contributed by atoms with Crippen LogP contribution in [0.3, 0.4) is 0 Å². The van der Waals surface area contributed by atoms with Crippen molar-refractivity contribution in [2.45, 2.75) is 25.1 Å². The van der Waals surface area contributed by atoms with Crippen molar-refractivity contribution < 1.29 is 9.53 Å². The van der Waals surface area contributed by atoms with Gasteiger partial charge < -0.3 is 14.2 Å². The van der Waals surface area contributed by atoms with Gasteiger partial charge in [-0.3, -0.25) is 15.1 Å². The lowest BCUT2D eigenvalue weighted by Crippen LogP contribution is -2.28. The molecule has 2 atom stereocenters. The van der Waals surface area contributed by atoms with E-state index in [0.717, 1.165) is 29.9 Å². The molecule has 1 fully saturated rings. The molecule has 1 aliphatic heterocycles. The monoisotopic (exact) mass is 459 g/mol. The van der Waals surface area contributed by atoms with E-state index >= 15 is 0 Å². The lowest BCUT2D eigenvalue weighted by molar-refractivity contribution is 0.0946. The van der Waals surface area contributed by atoms with Crippen molar-refractivity contribution in [2.24, 2.45) is 0 Å². The number of anilines is 2. The van der Waals surface area contributed by atoms with Crippen LogP contribution in [0.1, 0.15) is 34.2 Å². The Labute approximate surface area is 196 Å². The van der Waals surface area contributed by atoms with Crippen LogP contribution in [0.15, 0.2) is 78.6 Å². The molecule has 0 saturated carbocycles.